The maximum Gasteiger partial charge on any atom is 0.320 e. The Hall–Kier alpha value is -3.13. The van der Waals surface area contributed by atoms with Crippen molar-refractivity contribution in [2.24, 2.45) is 0 Å². The molecule has 8 nitrogen and oxygen atoms in total. The number of methoxy groups -OCH3 is 1. The number of nitrogens with zero attached hydrogens (tertiary/aromatic N) is 1. The van der Waals surface area contributed by atoms with Crippen LogP contribution in [0.25, 0.3) is 0 Å². The molecular formula is C18H23N5O3. The smallest absolute Gasteiger partial charge is 0.320 e. The Balaban J connectivity index is 2.07. The molecule has 1 aromatic carbocycles. The first-order valence-electron chi connectivity index (χ1n) is 7.99. The fourth-order valence-corrected chi connectivity index (χ4v) is 2.42. The van der Waals surface area contributed by atoms with Gasteiger partial charge < -0.3 is 20.9 Å². The molecule has 0 saturated carbocycles. The zero-order chi connectivity index (χ0) is 19.3. The molecule has 0 radical (unpaired) electrons. The van der Waals surface area contributed by atoms with E-state index in [-0.39, 0.29) is 28.7 Å². The number of nitrogens with one attached hydrogen (secondary N) is 3. The van der Waals surface area contributed by atoms with Crippen LogP contribution in [0.3, 0.4) is 0 Å². The van der Waals surface area contributed by atoms with E-state index in [2.05, 4.69) is 15.6 Å². The fourth-order valence-electron chi connectivity index (χ4n) is 2.42. The summed E-state index contributed by atoms with van der Waals surface area (Å²) >= 11 is 0. The van der Waals surface area contributed by atoms with Gasteiger partial charge in [-0.25, -0.2) is 9.78 Å². The Morgan fingerprint density at radius 1 is 1.31 bits per heavy atom. The quantitative estimate of drug-likeness (QED) is 0.412. The van der Waals surface area contributed by atoms with Crippen LogP contribution in [0.5, 0.6) is 0 Å². The zero-order valence-electron chi connectivity index (χ0n) is 15.0. The van der Waals surface area contributed by atoms with Crippen LogP contribution in [-0.2, 0) is 17.9 Å². The SMILES string of the molecule is COC(=N)c1c(N)cc(NC(=O)NCc2ccc(C)c(C)c2)nc1CO. The highest BCUT2D eigenvalue weighted by Crippen LogP contribution is 2.21. The molecule has 2 aromatic rings. The maximum absolute atomic E-state index is 12.1. The summed E-state index contributed by atoms with van der Waals surface area (Å²) in [4.78, 5) is 16.2. The lowest BCUT2D eigenvalue weighted by molar-refractivity contribution is 0.251. The van der Waals surface area contributed by atoms with Gasteiger partial charge in [0.25, 0.3) is 0 Å². The minimum atomic E-state index is -0.450. The van der Waals surface area contributed by atoms with E-state index in [9.17, 15) is 9.90 Å². The first-order valence-corrected chi connectivity index (χ1v) is 7.99. The molecule has 0 bridgehead atoms. The monoisotopic (exact) mass is 357 g/mol. The highest BCUT2D eigenvalue weighted by atomic mass is 16.5. The highest BCUT2D eigenvalue weighted by molar-refractivity contribution is 5.99. The number of aliphatic hydroxyl groups excluding tert-OH is 1. The molecule has 1 heterocycles. The third-order valence-electron chi connectivity index (χ3n) is 3.97. The molecule has 0 saturated heterocycles. The molecule has 1 aromatic heterocycles. The number of hydrogen-bond donors (Lipinski definition) is 5. The van der Waals surface area contributed by atoms with Crippen molar-refractivity contribution in [3.8, 4) is 0 Å². The molecule has 0 aliphatic heterocycles. The van der Waals surface area contributed by atoms with Gasteiger partial charge in [-0.05, 0) is 30.5 Å². The molecule has 0 aliphatic carbocycles. The molecule has 2 amide bonds. The molecule has 8 heteroatoms. The number of anilines is 2. The van der Waals surface area contributed by atoms with Gasteiger partial charge in [0.2, 0.25) is 5.90 Å². The number of urea groups is 1. The van der Waals surface area contributed by atoms with Crippen molar-refractivity contribution in [2.75, 3.05) is 18.2 Å². The first kappa shape index (κ1) is 19.2. The number of aliphatic hydroxyl groups is 1. The van der Waals surface area contributed by atoms with E-state index in [0.717, 1.165) is 11.1 Å². The molecule has 0 atom stereocenters. The first-order chi connectivity index (χ1) is 12.3. The number of aryl methyl sites for hydroxylation is 2. The number of pyridine rings is 1. The van der Waals surface area contributed by atoms with E-state index in [4.69, 9.17) is 15.9 Å². The topological polar surface area (TPSA) is 133 Å². The molecule has 26 heavy (non-hydrogen) atoms. The minimum Gasteiger partial charge on any atom is -0.481 e. The summed E-state index contributed by atoms with van der Waals surface area (Å²) in [6, 6.07) is 6.93. The second-order valence-corrected chi connectivity index (χ2v) is 5.84. The Morgan fingerprint density at radius 3 is 2.65 bits per heavy atom. The van der Waals surface area contributed by atoms with Crippen LogP contribution in [0.4, 0.5) is 16.3 Å². The number of rotatable bonds is 5. The van der Waals surface area contributed by atoms with Crippen molar-refractivity contribution in [3.05, 3.63) is 52.2 Å². The van der Waals surface area contributed by atoms with E-state index in [0.29, 0.717) is 6.54 Å². The predicted octanol–water partition coefficient (Wildman–Crippen LogP) is 2.07. The van der Waals surface area contributed by atoms with Gasteiger partial charge in [0, 0.05) is 18.3 Å². The summed E-state index contributed by atoms with van der Waals surface area (Å²) in [5, 5.41) is 22.5. The Kier molecular flexibility index (Phi) is 6.13. The Bertz CT molecular complexity index is 836. The third kappa shape index (κ3) is 4.48. The summed E-state index contributed by atoms with van der Waals surface area (Å²) in [5.41, 5.74) is 9.77. The Morgan fingerprint density at radius 2 is 2.04 bits per heavy atom. The molecule has 0 aliphatic rings. The highest BCUT2D eigenvalue weighted by Gasteiger charge is 2.16. The number of hydrogen-bond acceptors (Lipinski definition) is 6. The van der Waals surface area contributed by atoms with Crippen molar-refractivity contribution in [1.29, 1.82) is 5.41 Å². The van der Waals surface area contributed by atoms with Crippen molar-refractivity contribution < 1.29 is 14.6 Å². The number of nitrogen functional groups attached to an aromatic ring is 1. The summed E-state index contributed by atoms with van der Waals surface area (Å²) in [7, 11) is 1.33. The summed E-state index contributed by atoms with van der Waals surface area (Å²) in [5.74, 6) is -0.0263. The average molecular weight is 357 g/mol. The lowest BCUT2D eigenvalue weighted by Gasteiger charge is -2.13. The van der Waals surface area contributed by atoms with Crippen LogP contribution in [-0.4, -0.2) is 29.1 Å². The molecule has 0 spiro atoms. The average Bonchev–Trinajstić information content (AvgIpc) is 2.61. The molecule has 138 valence electrons. The van der Waals surface area contributed by atoms with E-state index < -0.39 is 12.6 Å². The van der Waals surface area contributed by atoms with E-state index in [1.54, 1.807) is 0 Å². The number of aromatic nitrogens is 1. The fraction of sp³-hybridized carbons (Fsp3) is 0.278. The zero-order valence-corrected chi connectivity index (χ0v) is 15.0. The predicted molar refractivity (Wildman–Crippen MR) is 100 cm³/mol. The molecule has 0 unspecified atom stereocenters. The van der Waals surface area contributed by atoms with Gasteiger partial charge in [0.15, 0.2) is 0 Å². The van der Waals surface area contributed by atoms with Gasteiger partial charge in [-0.15, -0.1) is 0 Å². The van der Waals surface area contributed by atoms with Gasteiger partial charge in [0.1, 0.15) is 5.82 Å². The lowest BCUT2D eigenvalue weighted by atomic mass is 10.1. The number of carbonyl (C=O) groups excluding carboxylic acids is 1. The van der Waals surface area contributed by atoms with Crippen LogP contribution in [0.2, 0.25) is 0 Å². The second kappa shape index (κ2) is 8.30. The summed E-state index contributed by atoms with van der Waals surface area (Å²) < 4.78 is 4.84. The maximum atomic E-state index is 12.1. The van der Waals surface area contributed by atoms with E-state index in [1.807, 2.05) is 32.0 Å². The van der Waals surface area contributed by atoms with Crippen molar-refractivity contribution in [3.63, 3.8) is 0 Å². The van der Waals surface area contributed by atoms with E-state index in [1.165, 1.54) is 18.7 Å². The number of amides is 2. The van der Waals surface area contributed by atoms with Crippen molar-refractivity contribution >= 4 is 23.4 Å². The van der Waals surface area contributed by atoms with Gasteiger partial charge in [0.05, 0.1) is 25.0 Å². The number of nitrogens with two attached hydrogens (primary N) is 1. The third-order valence-corrected chi connectivity index (χ3v) is 3.97. The van der Waals surface area contributed by atoms with Crippen molar-refractivity contribution in [2.45, 2.75) is 27.0 Å². The molecule has 2 rings (SSSR count). The summed E-state index contributed by atoms with van der Waals surface area (Å²) in [6.07, 6.45) is 0. The van der Waals surface area contributed by atoms with Gasteiger partial charge in [-0.1, -0.05) is 18.2 Å². The lowest BCUT2D eigenvalue weighted by Crippen LogP contribution is -2.29. The Labute approximate surface area is 151 Å². The summed E-state index contributed by atoms with van der Waals surface area (Å²) in [6.45, 7) is 3.97. The molecule has 6 N–H and O–H groups in total. The van der Waals surface area contributed by atoms with Gasteiger partial charge >= 0.3 is 6.03 Å². The number of benzene rings is 1. The largest absolute Gasteiger partial charge is 0.481 e. The van der Waals surface area contributed by atoms with Crippen LogP contribution in [0.1, 0.15) is 27.9 Å². The van der Waals surface area contributed by atoms with E-state index >= 15 is 0 Å². The number of carbonyl (C=O) groups is 1. The minimum absolute atomic E-state index is 0.154. The van der Waals surface area contributed by atoms with Crippen LogP contribution in [0, 0.1) is 19.3 Å². The van der Waals surface area contributed by atoms with Crippen LogP contribution in [0.15, 0.2) is 24.3 Å². The van der Waals surface area contributed by atoms with Crippen LogP contribution < -0.4 is 16.4 Å². The normalized spacial score (nSPS) is 10.3. The number of ether oxygens (including phenoxy) is 1. The van der Waals surface area contributed by atoms with Crippen molar-refractivity contribution in [1.82, 2.24) is 10.3 Å². The second-order valence-electron chi connectivity index (χ2n) is 5.84. The van der Waals surface area contributed by atoms with Crippen LogP contribution >= 0.6 is 0 Å². The van der Waals surface area contributed by atoms with Gasteiger partial charge in [-0.3, -0.25) is 10.7 Å². The molecule has 0 fully saturated rings. The van der Waals surface area contributed by atoms with Gasteiger partial charge in [-0.2, -0.15) is 0 Å². The molecular weight excluding hydrogens is 334 g/mol. The standard InChI is InChI=1S/C18H23N5O3/c1-10-4-5-12(6-11(10)2)8-21-18(25)23-15-7-13(19)16(17(20)26-3)14(9-24)22-15/h4-7,20,24H,8-9H2,1-3H3,(H4,19,21,22,23,25).